The SMILES string of the molecule is C#C.C[C@@H]1CCCN1S(=O)(=O)c1ccc(F)cc1.NC(=O)[C@@H]1CCCN1S(=O)(=O)c1ccc(F)cc1. The second-order valence-corrected chi connectivity index (χ2v) is 12.0. The van der Waals surface area contributed by atoms with Gasteiger partial charge in [-0.3, -0.25) is 4.79 Å². The summed E-state index contributed by atoms with van der Waals surface area (Å²) in [5.41, 5.74) is 5.18. The molecule has 196 valence electrons. The molecule has 0 aromatic heterocycles. The molecule has 2 heterocycles. The minimum Gasteiger partial charge on any atom is -0.368 e. The Morgan fingerprint density at radius 1 is 0.806 bits per heavy atom. The quantitative estimate of drug-likeness (QED) is 0.584. The molecule has 2 aromatic carbocycles. The van der Waals surface area contributed by atoms with Gasteiger partial charge in [-0.15, -0.1) is 12.8 Å². The summed E-state index contributed by atoms with van der Waals surface area (Å²) < 4.78 is 76.9. The maximum atomic E-state index is 12.8. The summed E-state index contributed by atoms with van der Waals surface area (Å²) in [5, 5.41) is 0. The highest BCUT2D eigenvalue weighted by molar-refractivity contribution is 7.89. The van der Waals surface area contributed by atoms with Gasteiger partial charge in [0.1, 0.15) is 17.7 Å². The molecule has 2 aliphatic heterocycles. The third-order valence-electron chi connectivity index (χ3n) is 5.86. The summed E-state index contributed by atoms with van der Waals surface area (Å²) >= 11 is 0. The molecule has 0 spiro atoms. The van der Waals surface area contributed by atoms with Gasteiger partial charge in [-0.05, 0) is 81.1 Å². The van der Waals surface area contributed by atoms with Crippen molar-refractivity contribution in [2.24, 2.45) is 5.73 Å². The Hall–Kier alpha value is -2.85. The van der Waals surface area contributed by atoms with Gasteiger partial charge in [0, 0.05) is 19.1 Å². The maximum absolute atomic E-state index is 12.8. The van der Waals surface area contributed by atoms with Gasteiger partial charge in [0.2, 0.25) is 26.0 Å². The number of primary amides is 1. The lowest BCUT2D eigenvalue weighted by Crippen LogP contribution is -2.43. The van der Waals surface area contributed by atoms with Gasteiger partial charge in [0.05, 0.1) is 9.79 Å². The molecule has 2 aromatic rings. The van der Waals surface area contributed by atoms with Crippen LogP contribution < -0.4 is 5.73 Å². The summed E-state index contributed by atoms with van der Waals surface area (Å²) in [4.78, 5) is 11.3. The van der Waals surface area contributed by atoms with E-state index in [1.807, 2.05) is 6.92 Å². The van der Waals surface area contributed by atoms with E-state index in [0.29, 0.717) is 19.4 Å². The van der Waals surface area contributed by atoms with Gasteiger partial charge in [-0.2, -0.15) is 8.61 Å². The Morgan fingerprint density at radius 3 is 1.58 bits per heavy atom. The zero-order valence-corrected chi connectivity index (χ0v) is 21.4. The summed E-state index contributed by atoms with van der Waals surface area (Å²) in [6.45, 7) is 2.71. The molecule has 8 nitrogen and oxygen atoms in total. The number of hydrogen-bond donors (Lipinski definition) is 1. The van der Waals surface area contributed by atoms with Gasteiger partial charge in [-0.25, -0.2) is 25.6 Å². The fourth-order valence-corrected chi connectivity index (χ4v) is 7.42. The van der Waals surface area contributed by atoms with Crippen molar-refractivity contribution in [1.29, 1.82) is 0 Å². The summed E-state index contributed by atoms with van der Waals surface area (Å²) in [5.74, 6) is -1.59. The van der Waals surface area contributed by atoms with E-state index in [4.69, 9.17) is 5.73 Å². The van der Waals surface area contributed by atoms with Crippen molar-refractivity contribution >= 4 is 26.0 Å². The predicted octanol–water partition coefficient (Wildman–Crippen LogP) is 2.71. The molecule has 2 atom stereocenters. The lowest BCUT2D eigenvalue weighted by molar-refractivity contribution is -0.121. The topological polar surface area (TPSA) is 118 Å². The number of carbonyl (C=O) groups is 1. The molecule has 12 heteroatoms. The number of sulfonamides is 2. The normalized spacial score (nSPS) is 20.6. The molecule has 0 aliphatic carbocycles. The first kappa shape index (κ1) is 29.4. The highest BCUT2D eigenvalue weighted by Crippen LogP contribution is 2.27. The van der Waals surface area contributed by atoms with Gasteiger partial charge >= 0.3 is 0 Å². The van der Waals surface area contributed by atoms with Gasteiger partial charge in [0.25, 0.3) is 0 Å². The predicted molar refractivity (Wildman–Crippen MR) is 131 cm³/mol. The molecule has 2 aliphatic rings. The Balaban J connectivity index is 0.000000239. The molecule has 4 rings (SSSR count). The van der Waals surface area contributed by atoms with Crippen LogP contribution in [0, 0.1) is 24.5 Å². The smallest absolute Gasteiger partial charge is 0.243 e. The lowest BCUT2D eigenvalue weighted by atomic mass is 10.2. The number of halogens is 2. The van der Waals surface area contributed by atoms with Crippen LogP contribution in [0.3, 0.4) is 0 Å². The average Bonchev–Trinajstić information content (AvgIpc) is 3.52. The number of nitrogens with zero attached hydrogens (tertiary/aromatic N) is 2. The van der Waals surface area contributed by atoms with E-state index in [-0.39, 0.29) is 22.4 Å². The van der Waals surface area contributed by atoms with Crippen LogP contribution in [0.4, 0.5) is 8.78 Å². The fraction of sp³-hybridized carbons (Fsp3) is 0.375. The largest absolute Gasteiger partial charge is 0.368 e. The van der Waals surface area contributed by atoms with Crippen molar-refractivity contribution in [3.63, 3.8) is 0 Å². The molecule has 2 N–H and O–H groups in total. The highest BCUT2D eigenvalue weighted by Gasteiger charge is 2.38. The van der Waals surface area contributed by atoms with Crippen molar-refractivity contribution in [3.8, 4) is 12.8 Å². The standard InChI is InChI=1S/C11H13FN2O3S.C11H14FNO2S.C2H2/c12-8-3-5-9(6-4-8)18(16,17)14-7-1-2-10(14)11(13)15;1-9-3-2-8-13(9)16(14,15)11-6-4-10(12)5-7-11;1-2/h3-6,10H,1-2,7H2,(H2,13,15);4-7,9H,2-3,8H2,1H3;1-2H/t10-;9-;/m01./s1. The van der Waals surface area contributed by atoms with E-state index < -0.39 is 43.6 Å². The first-order valence-electron chi connectivity index (χ1n) is 11.1. The van der Waals surface area contributed by atoms with Crippen LogP contribution >= 0.6 is 0 Å². The molecule has 0 saturated carbocycles. The van der Waals surface area contributed by atoms with E-state index in [1.165, 1.54) is 40.7 Å². The summed E-state index contributed by atoms with van der Waals surface area (Å²) in [6, 6.07) is 8.72. The first-order chi connectivity index (χ1) is 16.9. The molecule has 2 fully saturated rings. The van der Waals surface area contributed by atoms with Crippen LogP contribution in [0.5, 0.6) is 0 Å². The number of benzene rings is 2. The van der Waals surface area contributed by atoms with Gasteiger partial charge in [0.15, 0.2) is 0 Å². The van der Waals surface area contributed by atoms with E-state index in [1.54, 1.807) is 0 Å². The van der Waals surface area contributed by atoms with Crippen LogP contribution in [-0.4, -0.2) is 56.5 Å². The van der Waals surface area contributed by atoms with E-state index in [2.05, 4.69) is 12.8 Å². The van der Waals surface area contributed by atoms with Crippen molar-refractivity contribution in [3.05, 3.63) is 60.2 Å². The van der Waals surface area contributed by atoms with E-state index >= 15 is 0 Å². The van der Waals surface area contributed by atoms with Crippen LogP contribution in [0.1, 0.15) is 32.6 Å². The third-order valence-corrected chi connectivity index (χ3v) is 9.81. The molecule has 1 amide bonds. The van der Waals surface area contributed by atoms with Crippen LogP contribution in [0.2, 0.25) is 0 Å². The molecule has 2 saturated heterocycles. The second kappa shape index (κ2) is 12.4. The summed E-state index contributed by atoms with van der Waals surface area (Å²) in [7, 11) is -7.22. The minimum atomic E-state index is -3.78. The Morgan fingerprint density at radius 2 is 1.19 bits per heavy atom. The van der Waals surface area contributed by atoms with Crippen LogP contribution in [0.25, 0.3) is 0 Å². The highest BCUT2D eigenvalue weighted by atomic mass is 32.2. The number of nitrogens with two attached hydrogens (primary N) is 1. The van der Waals surface area contributed by atoms with Crippen molar-refractivity contribution in [1.82, 2.24) is 8.61 Å². The third kappa shape index (κ3) is 6.67. The number of rotatable bonds is 5. The van der Waals surface area contributed by atoms with Crippen molar-refractivity contribution < 1.29 is 30.4 Å². The molecular formula is C24H29F2N3O5S2. The average molecular weight is 542 g/mol. The molecule has 0 bridgehead atoms. The van der Waals surface area contributed by atoms with Crippen molar-refractivity contribution in [2.45, 2.75) is 54.5 Å². The summed E-state index contributed by atoms with van der Waals surface area (Å²) in [6.07, 6.45) is 10.8. The molecule has 0 radical (unpaired) electrons. The molecule has 0 unspecified atom stereocenters. The number of amides is 1. The van der Waals surface area contributed by atoms with Crippen LogP contribution in [-0.2, 0) is 24.8 Å². The lowest BCUT2D eigenvalue weighted by Gasteiger charge is -2.21. The number of hydrogen-bond acceptors (Lipinski definition) is 5. The maximum Gasteiger partial charge on any atom is 0.243 e. The fourth-order valence-electron chi connectivity index (χ4n) is 4.06. The zero-order valence-electron chi connectivity index (χ0n) is 19.8. The van der Waals surface area contributed by atoms with Crippen LogP contribution in [0.15, 0.2) is 58.3 Å². The first-order valence-corrected chi connectivity index (χ1v) is 14.0. The van der Waals surface area contributed by atoms with E-state index in [0.717, 1.165) is 29.3 Å². The number of carbonyl (C=O) groups excluding carboxylic acids is 1. The Labute approximate surface area is 211 Å². The molecule has 36 heavy (non-hydrogen) atoms. The number of terminal acetylenes is 1. The molecular weight excluding hydrogens is 512 g/mol. The Kier molecular flexibility index (Phi) is 10.1. The Bertz CT molecular complexity index is 1270. The second-order valence-electron chi connectivity index (χ2n) is 8.19. The van der Waals surface area contributed by atoms with Gasteiger partial charge < -0.3 is 5.73 Å². The van der Waals surface area contributed by atoms with Crippen molar-refractivity contribution in [2.75, 3.05) is 13.1 Å². The minimum absolute atomic E-state index is 0.0305. The zero-order chi connectivity index (χ0) is 27.1. The van der Waals surface area contributed by atoms with E-state index in [9.17, 15) is 30.4 Å². The monoisotopic (exact) mass is 541 g/mol. The van der Waals surface area contributed by atoms with Gasteiger partial charge in [-0.1, -0.05) is 0 Å².